The van der Waals surface area contributed by atoms with Crippen LogP contribution in [0.15, 0.2) is 33.5 Å². The Morgan fingerprint density at radius 1 is 0.913 bits per heavy atom. The zero-order valence-corrected chi connectivity index (χ0v) is 14.8. The maximum atomic E-state index is 12.0. The van der Waals surface area contributed by atoms with Crippen LogP contribution in [0.4, 0.5) is 0 Å². The van der Waals surface area contributed by atoms with E-state index in [1.807, 2.05) is 18.2 Å². The zero-order valence-electron chi connectivity index (χ0n) is 14.1. The summed E-state index contributed by atoms with van der Waals surface area (Å²) in [7, 11) is 0. The van der Waals surface area contributed by atoms with E-state index in [-0.39, 0.29) is 5.63 Å². The van der Waals surface area contributed by atoms with Crippen molar-refractivity contribution in [1.29, 1.82) is 0 Å². The van der Waals surface area contributed by atoms with Gasteiger partial charge in [-0.1, -0.05) is 69.9 Å². The molecule has 0 aliphatic heterocycles. The van der Waals surface area contributed by atoms with Crippen LogP contribution in [0.3, 0.4) is 0 Å². The summed E-state index contributed by atoms with van der Waals surface area (Å²) < 4.78 is 5.37. The second-order valence-electron chi connectivity index (χ2n) is 6.32. The minimum absolute atomic E-state index is 0.223. The quantitative estimate of drug-likeness (QED) is 0.365. The van der Waals surface area contributed by atoms with Crippen LogP contribution in [0.25, 0.3) is 11.0 Å². The fraction of sp³-hybridized carbons (Fsp3) is 0.550. The van der Waals surface area contributed by atoms with E-state index >= 15 is 0 Å². The fourth-order valence-electron chi connectivity index (χ4n) is 2.93. The predicted octanol–water partition coefficient (Wildman–Crippen LogP) is 6.52. The van der Waals surface area contributed by atoms with E-state index in [0.29, 0.717) is 10.6 Å². The van der Waals surface area contributed by atoms with Crippen LogP contribution in [-0.4, -0.2) is 0 Å². The van der Waals surface area contributed by atoms with Gasteiger partial charge in [0.1, 0.15) is 5.58 Å². The first-order chi connectivity index (χ1) is 11.2. The Bertz CT molecular complexity index is 660. The molecule has 126 valence electrons. The number of rotatable bonds is 10. The van der Waals surface area contributed by atoms with Gasteiger partial charge in [0, 0.05) is 22.0 Å². The number of hydrogen-bond donors (Lipinski definition) is 0. The van der Waals surface area contributed by atoms with Crippen molar-refractivity contribution in [2.45, 2.75) is 71.1 Å². The van der Waals surface area contributed by atoms with Crippen LogP contribution in [0.5, 0.6) is 0 Å². The number of fused-ring (bicyclic) bond motifs is 1. The molecule has 0 aliphatic carbocycles. The van der Waals surface area contributed by atoms with Crippen molar-refractivity contribution in [3.05, 3.63) is 45.3 Å². The Balaban J connectivity index is 1.73. The van der Waals surface area contributed by atoms with Crippen molar-refractivity contribution in [3.63, 3.8) is 0 Å². The third-order valence-electron chi connectivity index (χ3n) is 4.32. The van der Waals surface area contributed by atoms with Crippen molar-refractivity contribution >= 4 is 22.6 Å². The number of aryl methyl sites for hydroxylation is 1. The van der Waals surface area contributed by atoms with E-state index < -0.39 is 0 Å². The largest absolute Gasteiger partial charge is 0.422 e. The van der Waals surface area contributed by atoms with Gasteiger partial charge in [-0.05, 0) is 31.0 Å². The average molecular weight is 335 g/mol. The summed E-state index contributed by atoms with van der Waals surface area (Å²) in [5.74, 6) is 0. The van der Waals surface area contributed by atoms with E-state index in [0.717, 1.165) is 23.8 Å². The van der Waals surface area contributed by atoms with Gasteiger partial charge in [-0.3, -0.25) is 0 Å². The van der Waals surface area contributed by atoms with Crippen LogP contribution in [0, 0.1) is 0 Å². The SMILES string of the molecule is CCCCCCCCCCCc1cc2ccc(Cl)cc2oc1=O. The van der Waals surface area contributed by atoms with E-state index in [1.54, 1.807) is 6.07 Å². The molecular weight excluding hydrogens is 308 g/mol. The molecule has 0 saturated heterocycles. The van der Waals surface area contributed by atoms with Crippen molar-refractivity contribution < 1.29 is 4.42 Å². The Hall–Kier alpha value is -1.28. The first kappa shape index (κ1) is 18.1. The van der Waals surface area contributed by atoms with E-state index in [4.69, 9.17) is 16.0 Å². The first-order valence-electron chi connectivity index (χ1n) is 8.93. The standard InChI is InChI=1S/C20H27ClO2/c1-2-3-4-5-6-7-8-9-10-11-17-14-16-12-13-18(21)15-19(16)23-20(17)22/h12-15H,2-11H2,1H3. The molecular formula is C20H27ClO2. The van der Waals surface area contributed by atoms with Crippen LogP contribution in [-0.2, 0) is 6.42 Å². The lowest BCUT2D eigenvalue weighted by Gasteiger charge is -2.04. The average Bonchev–Trinajstić information content (AvgIpc) is 2.53. The van der Waals surface area contributed by atoms with Crippen LogP contribution < -0.4 is 5.63 Å². The summed E-state index contributed by atoms with van der Waals surface area (Å²) in [4.78, 5) is 12.0. The predicted molar refractivity (Wildman–Crippen MR) is 98.4 cm³/mol. The molecule has 0 amide bonds. The summed E-state index contributed by atoms with van der Waals surface area (Å²) in [6.45, 7) is 2.25. The molecule has 0 radical (unpaired) electrons. The monoisotopic (exact) mass is 334 g/mol. The lowest BCUT2D eigenvalue weighted by molar-refractivity contribution is 0.538. The van der Waals surface area contributed by atoms with E-state index in [1.165, 1.54) is 51.4 Å². The zero-order chi connectivity index (χ0) is 16.5. The summed E-state index contributed by atoms with van der Waals surface area (Å²) in [5, 5.41) is 1.53. The molecule has 0 N–H and O–H groups in total. The van der Waals surface area contributed by atoms with Gasteiger partial charge in [-0.25, -0.2) is 4.79 Å². The molecule has 1 aromatic heterocycles. The van der Waals surface area contributed by atoms with Crippen molar-refractivity contribution in [1.82, 2.24) is 0 Å². The highest BCUT2D eigenvalue weighted by Crippen LogP contribution is 2.19. The van der Waals surface area contributed by atoms with Gasteiger partial charge in [0.15, 0.2) is 0 Å². The molecule has 3 heteroatoms. The molecule has 2 rings (SSSR count). The molecule has 0 aliphatic rings. The van der Waals surface area contributed by atoms with Gasteiger partial charge >= 0.3 is 5.63 Å². The van der Waals surface area contributed by atoms with Gasteiger partial charge in [0.05, 0.1) is 0 Å². The molecule has 2 aromatic rings. The van der Waals surface area contributed by atoms with Crippen LogP contribution in [0.2, 0.25) is 5.02 Å². The summed E-state index contributed by atoms with van der Waals surface area (Å²) in [6.07, 6.45) is 12.4. The van der Waals surface area contributed by atoms with Crippen LogP contribution >= 0.6 is 11.6 Å². The highest BCUT2D eigenvalue weighted by atomic mass is 35.5. The number of hydrogen-bond acceptors (Lipinski definition) is 2. The maximum Gasteiger partial charge on any atom is 0.339 e. The van der Waals surface area contributed by atoms with E-state index in [9.17, 15) is 4.79 Å². The van der Waals surface area contributed by atoms with Gasteiger partial charge in [0.25, 0.3) is 0 Å². The van der Waals surface area contributed by atoms with Crippen LogP contribution in [0.1, 0.15) is 70.3 Å². The van der Waals surface area contributed by atoms with E-state index in [2.05, 4.69) is 6.92 Å². The topological polar surface area (TPSA) is 30.2 Å². The molecule has 0 atom stereocenters. The third-order valence-corrected chi connectivity index (χ3v) is 4.55. The number of halogens is 1. The Morgan fingerprint density at radius 2 is 1.57 bits per heavy atom. The van der Waals surface area contributed by atoms with Gasteiger partial charge in [-0.2, -0.15) is 0 Å². The highest BCUT2D eigenvalue weighted by molar-refractivity contribution is 6.31. The number of unbranched alkanes of at least 4 members (excludes halogenated alkanes) is 8. The molecule has 0 bridgehead atoms. The van der Waals surface area contributed by atoms with Crippen molar-refractivity contribution in [3.8, 4) is 0 Å². The fourth-order valence-corrected chi connectivity index (χ4v) is 3.09. The van der Waals surface area contributed by atoms with Crippen molar-refractivity contribution in [2.75, 3.05) is 0 Å². The molecule has 0 saturated carbocycles. The first-order valence-corrected chi connectivity index (χ1v) is 9.31. The second kappa shape index (κ2) is 9.77. The summed E-state index contributed by atoms with van der Waals surface area (Å²) in [6, 6.07) is 7.37. The maximum absolute atomic E-state index is 12.0. The Morgan fingerprint density at radius 3 is 2.26 bits per heavy atom. The molecule has 0 fully saturated rings. The second-order valence-corrected chi connectivity index (χ2v) is 6.76. The lowest BCUT2D eigenvalue weighted by atomic mass is 10.0. The van der Waals surface area contributed by atoms with Gasteiger partial charge in [0.2, 0.25) is 0 Å². The summed E-state index contributed by atoms with van der Waals surface area (Å²) >= 11 is 5.92. The van der Waals surface area contributed by atoms with Gasteiger partial charge < -0.3 is 4.42 Å². The number of benzene rings is 1. The minimum Gasteiger partial charge on any atom is -0.422 e. The third kappa shape index (κ3) is 6.02. The summed E-state index contributed by atoms with van der Waals surface area (Å²) in [5.41, 5.74) is 1.13. The smallest absolute Gasteiger partial charge is 0.339 e. The molecule has 0 unspecified atom stereocenters. The molecule has 2 nitrogen and oxygen atoms in total. The highest BCUT2D eigenvalue weighted by Gasteiger charge is 2.05. The molecule has 23 heavy (non-hydrogen) atoms. The Kier molecular flexibility index (Phi) is 7.67. The van der Waals surface area contributed by atoms with Gasteiger partial charge in [-0.15, -0.1) is 0 Å². The minimum atomic E-state index is -0.223. The molecule has 1 aromatic carbocycles. The van der Waals surface area contributed by atoms with Crippen molar-refractivity contribution in [2.24, 2.45) is 0 Å². The molecule has 1 heterocycles. The molecule has 0 spiro atoms. The normalized spacial score (nSPS) is 11.2. The Labute approximate surface area is 143 Å². The lowest BCUT2D eigenvalue weighted by Crippen LogP contribution is -2.07.